The summed E-state index contributed by atoms with van der Waals surface area (Å²) in [6, 6.07) is 5.71. The zero-order valence-electron chi connectivity index (χ0n) is 12.3. The number of amides is 1. The van der Waals surface area contributed by atoms with E-state index in [9.17, 15) is 13.2 Å². The molecule has 0 bridgehead atoms. The maximum Gasteiger partial charge on any atom is 0.264 e. The molecule has 1 aromatic heterocycles. The van der Waals surface area contributed by atoms with Crippen molar-refractivity contribution in [1.82, 2.24) is 0 Å². The highest BCUT2D eigenvalue weighted by atomic mass is 35.5. The van der Waals surface area contributed by atoms with E-state index in [2.05, 4.69) is 4.72 Å². The molecule has 2 rings (SSSR count). The maximum absolute atomic E-state index is 12.5. The first kappa shape index (κ1) is 18.1. The van der Waals surface area contributed by atoms with Gasteiger partial charge in [-0.25, -0.2) is 8.42 Å². The highest BCUT2D eigenvalue weighted by molar-refractivity contribution is 7.93. The molecule has 0 aliphatic carbocycles. The van der Waals surface area contributed by atoms with Gasteiger partial charge in [-0.05, 0) is 30.2 Å². The van der Waals surface area contributed by atoms with E-state index in [0.717, 1.165) is 16.2 Å². The van der Waals surface area contributed by atoms with Crippen molar-refractivity contribution in [3.05, 3.63) is 44.8 Å². The van der Waals surface area contributed by atoms with Gasteiger partial charge < -0.3 is 5.73 Å². The number of rotatable bonds is 5. The van der Waals surface area contributed by atoms with Gasteiger partial charge in [0.1, 0.15) is 9.90 Å². The predicted octanol–water partition coefficient (Wildman–Crippen LogP) is 4.08. The molecule has 0 saturated heterocycles. The molecule has 0 aliphatic heterocycles. The number of hydrogen-bond donors (Lipinski definition) is 2. The lowest BCUT2D eigenvalue weighted by Crippen LogP contribution is -2.17. The SMILES string of the molecule is CC(C)c1cc(C(N)=O)c(NS(=O)(=O)c2cc(Cl)ccc2Cl)s1. The molecule has 1 heterocycles. The Morgan fingerprint density at radius 3 is 2.48 bits per heavy atom. The van der Waals surface area contributed by atoms with Crippen LogP contribution < -0.4 is 10.5 Å². The predicted molar refractivity (Wildman–Crippen MR) is 94.2 cm³/mol. The molecule has 0 unspecified atom stereocenters. The van der Waals surface area contributed by atoms with E-state index in [1.54, 1.807) is 6.07 Å². The second-order valence-corrected chi connectivity index (χ2v) is 8.67. The standard InChI is InChI=1S/C14H14Cl2N2O3S2/c1-7(2)11-6-9(13(17)19)14(22-11)18-23(20,21)12-5-8(15)3-4-10(12)16/h3-7,18H,1-2H3,(H2,17,19). The van der Waals surface area contributed by atoms with Crippen LogP contribution in [-0.2, 0) is 10.0 Å². The van der Waals surface area contributed by atoms with Crippen molar-refractivity contribution in [2.24, 2.45) is 5.73 Å². The van der Waals surface area contributed by atoms with Crippen LogP contribution in [0.2, 0.25) is 10.0 Å². The van der Waals surface area contributed by atoms with Gasteiger partial charge in [0.2, 0.25) is 0 Å². The number of nitrogens with one attached hydrogen (secondary N) is 1. The van der Waals surface area contributed by atoms with Crippen molar-refractivity contribution in [3.8, 4) is 0 Å². The van der Waals surface area contributed by atoms with Gasteiger partial charge in [-0.2, -0.15) is 0 Å². The molecular weight excluding hydrogens is 379 g/mol. The third-order valence-corrected chi connectivity index (χ3v) is 6.54. The first-order chi connectivity index (χ1) is 10.6. The van der Waals surface area contributed by atoms with Crippen molar-refractivity contribution in [1.29, 1.82) is 0 Å². The molecule has 23 heavy (non-hydrogen) atoms. The Bertz CT molecular complexity index is 861. The third kappa shape index (κ3) is 3.98. The second kappa shape index (κ2) is 6.68. The first-order valence-electron chi connectivity index (χ1n) is 6.53. The summed E-state index contributed by atoms with van der Waals surface area (Å²) in [4.78, 5) is 12.2. The number of carbonyl (C=O) groups is 1. The van der Waals surface area contributed by atoms with Crippen molar-refractivity contribution in [2.45, 2.75) is 24.7 Å². The van der Waals surface area contributed by atoms with Gasteiger partial charge in [0.05, 0.1) is 10.6 Å². The lowest BCUT2D eigenvalue weighted by Gasteiger charge is -2.09. The van der Waals surface area contributed by atoms with E-state index in [0.29, 0.717) is 0 Å². The largest absolute Gasteiger partial charge is 0.366 e. The summed E-state index contributed by atoms with van der Waals surface area (Å²) in [6.45, 7) is 3.87. The average Bonchev–Trinajstić information content (AvgIpc) is 2.85. The first-order valence-corrected chi connectivity index (χ1v) is 9.58. The summed E-state index contributed by atoms with van der Waals surface area (Å²) in [6.07, 6.45) is 0. The molecule has 0 fully saturated rings. The Kier molecular flexibility index (Phi) is 5.25. The fraction of sp³-hybridized carbons (Fsp3) is 0.214. The van der Waals surface area contributed by atoms with E-state index in [1.165, 1.54) is 18.2 Å². The van der Waals surface area contributed by atoms with Gasteiger partial charge in [-0.3, -0.25) is 9.52 Å². The number of anilines is 1. The van der Waals surface area contributed by atoms with Crippen LogP contribution in [0.4, 0.5) is 5.00 Å². The van der Waals surface area contributed by atoms with Crippen molar-refractivity contribution < 1.29 is 13.2 Å². The van der Waals surface area contributed by atoms with E-state index in [1.807, 2.05) is 13.8 Å². The zero-order chi connectivity index (χ0) is 17.4. The number of carbonyl (C=O) groups excluding carboxylic acids is 1. The van der Waals surface area contributed by atoms with Crippen molar-refractivity contribution >= 4 is 55.5 Å². The molecule has 5 nitrogen and oxygen atoms in total. The van der Waals surface area contributed by atoms with E-state index in [4.69, 9.17) is 28.9 Å². The van der Waals surface area contributed by atoms with Gasteiger partial charge in [0.25, 0.3) is 15.9 Å². The summed E-state index contributed by atoms with van der Waals surface area (Å²) >= 11 is 12.9. The number of nitrogens with two attached hydrogens (primary N) is 1. The van der Waals surface area contributed by atoms with Gasteiger partial charge in [-0.1, -0.05) is 37.0 Å². The average molecular weight is 393 g/mol. The minimum Gasteiger partial charge on any atom is -0.366 e. The summed E-state index contributed by atoms with van der Waals surface area (Å²) in [7, 11) is -4.00. The molecule has 2 aromatic rings. The fourth-order valence-electron chi connectivity index (χ4n) is 1.81. The lowest BCUT2D eigenvalue weighted by molar-refractivity contribution is 0.100. The Hall–Kier alpha value is -1.28. The zero-order valence-corrected chi connectivity index (χ0v) is 15.4. The number of thiophene rings is 1. The van der Waals surface area contributed by atoms with Crippen LogP contribution in [0.25, 0.3) is 0 Å². The minimum atomic E-state index is -4.00. The fourth-order valence-corrected chi connectivity index (χ4v) is 4.96. The molecule has 124 valence electrons. The van der Waals surface area contributed by atoms with Crippen LogP contribution in [0.1, 0.15) is 35.0 Å². The highest BCUT2D eigenvalue weighted by Crippen LogP contribution is 2.35. The summed E-state index contributed by atoms with van der Waals surface area (Å²) in [5.74, 6) is -0.575. The van der Waals surface area contributed by atoms with Crippen LogP contribution in [0.3, 0.4) is 0 Å². The minimum absolute atomic E-state index is 0.0307. The van der Waals surface area contributed by atoms with Gasteiger partial charge >= 0.3 is 0 Å². The molecule has 0 atom stereocenters. The Balaban J connectivity index is 2.49. The molecule has 9 heteroatoms. The van der Waals surface area contributed by atoms with Gasteiger partial charge in [-0.15, -0.1) is 11.3 Å². The summed E-state index contributed by atoms with van der Waals surface area (Å²) in [5.41, 5.74) is 5.45. The van der Waals surface area contributed by atoms with Crippen LogP contribution in [0.15, 0.2) is 29.2 Å². The third-order valence-electron chi connectivity index (χ3n) is 3.00. The number of benzene rings is 1. The molecule has 0 saturated carbocycles. The molecule has 0 radical (unpaired) electrons. The maximum atomic E-state index is 12.5. The molecule has 1 aromatic carbocycles. The number of hydrogen-bond acceptors (Lipinski definition) is 4. The van der Waals surface area contributed by atoms with E-state index < -0.39 is 15.9 Å². The number of halogens is 2. The van der Waals surface area contributed by atoms with Crippen LogP contribution >= 0.6 is 34.5 Å². The van der Waals surface area contributed by atoms with Crippen LogP contribution in [-0.4, -0.2) is 14.3 Å². The summed E-state index contributed by atoms with van der Waals surface area (Å²) in [5, 5.41) is 0.430. The monoisotopic (exact) mass is 392 g/mol. The van der Waals surface area contributed by atoms with Gasteiger partial charge in [0.15, 0.2) is 0 Å². The molecule has 0 spiro atoms. The molecule has 0 aliphatic rings. The van der Waals surface area contributed by atoms with Crippen LogP contribution in [0, 0.1) is 0 Å². The summed E-state index contributed by atoms with van der Waals surface area (Å²) < 4.78 is 27.4. The van der Waals surface area contributed by atoms with Crippen molar-refractivity contribution in [2.75, 3.05) is 4.72 Å². The Morgan fingerprint density at radius 2 is 1.91 bits per heavy atom. The molecular formula is C14H14Cl2N2O3S2. The van der Waals surface area contributed by atoms with Crippen LogP contribution in [0.5, 0.6) is 0 Å². The van der Waals surface area contributed by atoms with Gasteiger partial charge in [0, 0.05) is 9.90 Å². The lowest BCUT2D eigenvalue weighted by atomic mass is 10.1. The number of primary amides is 1. The smallest absolute Gasteiger partial charge is 0.264 e. The van der Waals surface area contributed by atoms with E-state index >= 15 is 0 Å². The Morgan fingerprint density at radius 1 is 1.26 bits per heavy atom. The Labute approximate surface area is 148 Å². The van der Waals surface area contributed by atoms with E-state index in [-0.39, 0.29) is 31.4 Å². The normalized spacial score (nSPS) is 11.7. The topological polar surface area (TPSA) is 89.3 Å². The molecule has 1 amide bonds. The number of sulfonamides is 1. The molecule has 3 N–H and O–H groups in total. The quantitative estimate of drug-likeness (QED) is 0.802. The highest BCUT2D eigenvalue weighted by Gasteiger charge is 2.23. The van der Waals surface area contributed by atoms with Crippen molar-refractivity contribution in [3.63, 3.8) is 0 Å². The second-order valence-electron chi connectivity index (χ2n) is 5.09.